The Hall–Kier alpha value is -3.96. The number of halogens is 3. The molecule has 1 aliphatic heterocycles. The van der Waals surface area contributed by atoms with Crippen molar-refractivity contribution in [1.82, 2.24) is 14.9 Å². The Morgan fingerprint density at radius 1 is 1.07 bits per heavy atom. The molecule has 0 atom stereocenters. The molecule has 1 fully saturated rings. The molecule has 3 aromatic rings. The highest BCUT2D eigenvalue weighted by Gasteiger charge is 2.51. The van der Waals surface area contributed by atoms with Gasteiger partial charge in [0.25, 0.3) is 0 Å². The van der Waals surface area contributed by atoms with Gasteiger partial charge in [0.15, 0.2) is 11.5 Å². The van der Waals surface area contributed by atoms with Gasteiger partial charge in [-0.05, 0) is 57.9 Å². The molecule has 1 aliphatic rings. The molecule has 2 aromatic carbocycles. The van der Waals surface area contributed by atoms with Crippen LogP contribution in [0.1, 0.15) is 38.8 Å². The summed E-state index contributed by atoms with van der Waals surface area (Å²) in [5.41, 5.74) is 3.89. The van der Waals surface area contributed by atoms with E-state index in [0.717, 1.165) is 80.1 Å². The number of ether oxygens (including phenoxy) is 4. The molecule has 11 heteroatoms. The van der Waals surface area contributed by atoms with Gasteiger partial charge in [-0.2, -0.15) is 13.2 Å². The monoisotopic (exact) mass is 643 g/mol. The van der Waals surface area contributed by atoms with Crippen molar-refractivity contribution < 1.29 is 36.9 Å². The first-order chi connectivity index (χ1) is 21.7. The fourth-order valence-corrected chi connectivity index (χ4v) is 4.72. The molecule has 8 nitrogen and oxygen atoms in total. The third kappa shape index (κ3) is 9.77. The summed E-state index contributed by atoms with van der Waals surface area (Å²) in [7, 11) is 2.85. The molecule has 0 saturated carbocycles. The highest BCUT2D eigenvalue weighted by molar-refractivity contribution is 5.82. The number of Topliss-reactive ketones (excluding diaryl/α,β-unsaturated/α-hetero) is 1. The number of carbonyl (C=O) groups excluding carboxylic acids is 1. The third-order valence-corrected chi connectivity index (χ3v) is 7.60. The SMILES string of the molecule is C=C(C)/C=C(\OC)C(C)(C)C(F)(F)F.COc1cc2ncc(-c3ccc(CC(C)=O)c(C)c3)nc2cc1OCCN1CCOCC1. The Kier molecular flexibility index (Phi) is 12.7. The van der Waals surface area contributed by atoms with E-state index in [4.69, 9.17) is 23.9 Å². The summed E-state index contributed by atoms with van der Waals surface area (Å²) in [6, 6.07) is 9.78. The molecule has 2 heterocycles. The van der Waals surface area contributed by atoms with Gasteiger partial charge >= 0.3 is 6.18 Å². The Labute approximate surface area is 269 Å². The number of morpholine rings is 1. The molecule has 1 saturated heterocycles. The van der Waals surface area contributed by atoms with Crippen LogP contribution in [0.3, 0.4) is 0 Å². The lowest BCUT2D eigenvalue weighted by atomic mass is 9.89. The largest absolute Gasteiger partial charge is 0.500 e. The smallest absolute Gasteiger partial charge is 0.400 e. The van der Waals surface area contributed by atoms with Crippen LogP contribution in [-0.4, -0.2) is 80.5 Å². The van der Waals surface area contributed by atoms with Crippen LogP contribution in [0.2, 0.25) is 0 Å². The minimum atomic E-state index is -4.33. The minimum Gasteiger partial charge on any atom is -0.500 e. The lowest BCUT2D eigenvalue weighted by Gasteiger charge is -2.29. The number of rotatable bonds is 11. The van der Waals surface area contributed by atoms with Crippen LogP contribution in [0.15, 0.2) is 60.5 Å². The first-order valence-electron chi connectivity index (χ1n) is 15.0. The number of hydrogen-bond donors (Lipinski definition) is 0. The van der Waals surface area contributed by atoms with Gasteiger partial charge < -0.3 is 18.9 Å². The molecule has 46 heavy (non-hydrogen) atoms. The van der Waals surface area contributed by atoms with Crippen LogP contribution < -0.4 is 9.47 Å². The number of alkyl halides is 3. The van der Waals surface area contributed by atoms with Crippen LogP contribution in [-0.2, 0) is 20.7 Å². The number of aromatic nitrogens is 2. The van der Waals surface area contributed by atoms with E-state index in [1.54, 1.807) is 27.2 Å². The van der Waals surface area contributed by atoms with Crippen LogP contribution in [0.4, 0.5) is 13.2 Å². The maximum absolute atomic E-state index is 12.6. The number of methoxy groups -OCH3 is 2. The van der Waals surface area contributed by atoms with Crippen molar-refractivity contribution in [3.63, 3.8) is 0 Å². The average Bonchev–Trinajstić information content (AvgIpc) is 3.00. The van der Waals surface area contributed by atoms with Gasteiger partial charge in [-0.25, -0.2) is 4.98 Å². The van der Waals surface area contributed by atoms with Crippen LogP contribution in [0.25, 0.3) is 22.3 Å². The van der Waals surface area contributed by atoms with E-state index in [1.807, 2.05) is 31.2 Å². The van der Waals surface area contributed by atoms with Gasteiger partial charge in [-0.1, -0.05) is 24.3 Å². The van der Waals surface area contributed by atoms with Crippen molar-refractivity contribution in [2.45, 2.75) is 47.2 Å². The van der Waals surface area contributed by atoms with E-state index >= 15 is 0 Å². The summed E-state index contributed by atoms with van der Waals surface area (Å²) in [5, 5.41) is 0. The number of benzene rings is 2. The van der Waals surface area contributed by atoms with E-state index in [0.29, 0.717) is 30.1 Å². The van der Waals surface area contributed by atoms with E-state index in [1.165, 1.54) is 13.2 Å². The van der Waals surface area contributed by atoms with E-state index < -0.39 is 11.6 Å². The van der Waals surface area contributed by atoms with Gasteiger partial charge in [0.2, 0.25) is 0 Å². The van der Waals surface area contributed by atoms with Gasteiger partial charge in [0.05, 0.1) is 50.4 Å². The number of ketones is 1. The molecule has 250 valence electrons. The number of allylic oxidation sites excluding steroid dienone is 3. The van der Waals surface area contributed by atoms with Crippen molar-refractivity contribution in [3.05, 3.63) is 71.6 Å². The molecule has 0 amide bonds. The molecular formula is C35H44F3N3O5. The van der Waals surface area contributed by atoms with E-state index in [9.17, 15) is 18.0 Å². The standard InChI is InChI=1S/C25H29N3O4.C10H15F3O/c1-17-12-20(5-4-19(17)13-18(2)29)23-16-26-21-14-24(30-3)25(15-22(21)27-23)32-11-8-28-6-9-31-10-7-28;1-7(2)6-8(14-5)9(3,4)10(11,12)13/h4-5,12,14-16H,6-11,13H2,1-3H3;6H,1H2,2-5H3/b;8-6-. The fraction of sp³-hybridized carbons (Fsp3) is 0.457. The second-order valence-electron chi connectivity index (χ2n) is 11.8. The maximum atomic E-state index is 12.6. The molecule has 0 aliphatic carbocycles. The predicted octanol–water partition coefficient (Wildman–Crippen LogP) is 7.14. The van der Waals surface area contributed by atoms with E-state index in [-0.39, 0.29) is 11.5 Å². The van der Waals surface area contributed by atoms with Crippen molar-refractivity contribution in [1.29, 1.82) is 0 Å². The lowest BCUT2D eigenvalue weighted by molar-refractivity contribution is -0.208. The molecule has 0 N–H and O–H groups in total. The third-order valence-electron chi connectivity index (χ3n) is 7.60. The molecule has 0 spiro atoms. The highest BCUT2D eigenvalue weighted by Crippen LogP contribution is 2.43. The van der Waals surface area contributed by atoms with Crippen LogP contribution >= 0.6 is 0 Å². The van der Waals surface area contributed by atoms with Gasteiger partial charge in [-0.15, -0.1) is 0 Å². The number of aryl methyl sites for hydroxylation is 1. The second kappa shape index (κ2) is 16.0. The Morgan fingerprint density at radius 2 is 1.74 bits per heavy atom. The number of carbonyl (C=O) groups is 1. The van der Waals surface area contributed by atoms with Crippen molar-refractivity contribution in [3.8, 4) is 22.8 Å². The molecular weight excluding hydrogens is 599 g/mol. The van der Waals surface area contributed by atoms with Gasteiger partial charge in [0, 0.05) is 43.8 Å². The second-order valence-corrected chi connectivity index (χ2v) is 11.8. The number of hydrogen-bond acceptors (Lipinski definition) is 8. The lowest BCUT2D eigenvalue weighted by Crippen LogP contribution is -2.38. The summed E-state index contributed by atoms with van der Waals surface area (Å²) in [6.07, 6.45) is -0.821. The molecule has 1 aromatic heterocycles. The molecule has 0 unspecified atom stereocenters. The maximum Gasteiger partial charge on any atom is 0.400 e. The Balaban J connectivity index is 0.000000349. The highest BCUT2D eigenvalue weighted by atomic mass is 19.4. The first kappa shape index (κ1) is 36.5. The predicted molar refractivity (Wildman–Crippen MR) is 173 cm³/mol. The van der Waals surface area contributed by atoms with Gasteiger partial charge in [0.1, 0.15) is 23.6 Å². The molecule has 4 rings (SSSR count). The van der Waals surface area contributed by atoms with Crippen molar-refractivity contribution in [2.24, 2.45) is 5.41 Å². The number of nitrogens with zero attached hydrogens (tertiary/aromatic N) is 3. The molecule has 0 bridgehead atoms. The summed E-state index contributed by atoms with van der Waals surface area (Å²) in [4.78, 5) is 23.2. The number of fused-ring (bicyclic) bond motifs is 1. The summed E-state index contributed by atoms with van der Waals surface area (Å²) in [6.45, 7) is 15.7. The Bertz CT molecular complexity index is 1550. The summed E-state index contributed by atoms with van der Waals surface area (Å²) in [5.74, 6) is 1.33. The zero-order valence-corrected chi connectivity index (χ0v) is 27.7. The Morgan fingerprint density at radius 3 is 2.30 bits per heavy atom. The molecule has 0 radical (unpaired) electrons. The summed E-state index contributed by atoms with van der Waals surface area (Å²) >= 11 is 0. The fourth-order valence-electron chi connectivity index (χ4n) is 4.72. The van der Waals surface area contributed by atoms with Crippen LogP contribution in [0, 0.1) is 12.3 Å². The van der Waals surface area contributed by atoms with Gasteiger partial charge in [-0.3, -0.25) is 14.7 Å². The zero-order chi connectivity index (χ0) is 34.1. The summed E-state index contributed by atoms with van der Waals surface area (Å²) < 4.78 is 59.4. The van der Waals surface area contributed by atoms with Crippen LogP contribution in [0.5, 0.6) is 11.5 Å². The quantitative estimate of drug-likeness (QED) is 0.161. The van der Waals surface area contributed by atoms with Crippen molar-refractivity contribution >= 4 is 16.8 Å². The normalized spacial score (nSPS) is 14.3. The topological polar surface area (TPSA) is 83.0 Å². The minimum absolute atomic E-state index is 0.127. The average molecular weight is 644 g/mol. The zero-order valence-electron chi connectivity index (χ0n) is 27.7. The van der Waals surface area contributed by atoms with Crippen molar-refractivity contribution in [2.75, 3.05) is 53.7 Å². The first-order valence-corrected chi connectivity index (χ1v) is 15.0. The van der Waals surface area contributed by atoms with E-state index in [2.05, 4.69) is 22.5 Å².